The van der Waals surface area contributed by atoms with Crippen LogP contribution in [0.2, 0.25) is 0 Å². The van der Waals surface area contributed by atoms with Crippen molar-refractivity contribution in [2.24, 2.45) is 5.92 Å². The molecule has 0 radical (unpaired) electrons. The van der Waals surface area contributed by atoms with Gasteiger partial charge in [-0.05, 0) is 19.1 Å². The van der Waals surface area contributed by atoms with Gasteiger partial charge in [-0.2, -0.15) is 0 Å². The lowest BCUT2D eigenvalue weighted by molar-refractivity contribution is -0.131. The number of amides is 2. The third-order valence-corrected chi connectivity index (χ3v) is 3.81. The van der Waals surface area contributed by atoms with Crippen molar-refractivity contribution in [2.75, 3.05) is 32.2 Å². The van der Waals surface area contributed by atoms with Crippen LogP contribution in [-0.4, -0.2) is 45.4 Å². The van der Waals surface area contributed by atoms with E-state index >= 15 is 0 Å². The van der Waals surface area contributed by atoms with Crippen molar-refractivity contribution in [3.05, 3.63) is 29.8 Å². The van der Waals surface area contributed by atoms with Crippen molar-refractivity contribution in [1.82, 2.24) is 5.32 Å². The van der Waals surface area contributed by atoms with Gasteiger partial charge in [0.15, 0.2) is 6.29 Å². The molecule has 2 amide bonds. The van der Waals surface area contributed by atoms with Crippen LogP contribution in [-0.2, 0) is 19.1 Å². The van der Waals surface area contributed by atoms with Crippen LogP contribution in [0.25, 0.3) is 0 Å². The van der Waals surface area contributed by atoms with Gasteiger partial charge in [-0.1, -0.05) is 17.7 Å². The van der Waals surface area contributed by atoms with E-state index in [-0.39, 0.29) is 30.7 Å². The standard InChI is InChI=1S/C16H22N2O4/c1-11-4-6-13(7-5-11)18-10-12(8-14(18)19)16(20)17-9-15(21-2)22-3/h4-7,12,15H,8-10H2,1-3H3,(H,17,20). The number of carbonyl (C=O) groups is 2. The van der Waals surface area contributed by atoms with Gasteiger partial charge in [-0.3, -0.25) is 9.59 Å². The predicted octanol–water partition coefficient (Wildman–Crippen LogP) is 1.08. The largest absolute Gasteiger partial charge is 0.354 e. The fourth-order valence-electron chi connectivity index (χ4n) is 2.45. The number of hydrogen-bond acceptors (Lipinski definition) is 4. The molecule has 6 nitrogen and oxygen atoms in total. The molecule has 1 fully saturated rings. The molecule has 120 valence electrons. The van der Waals surface area contributed by atoms with E-state index in [0.717, 1.165) is 11.3 Å². The molecule has 1 heterocycles. The van der Waals surface area contributed by atoms with Gasteiger partial charge in [0.2, 0.25) is 11.8 Å². The normalized spacial score (nSPS) is 18.1. The molecule has 1 aromatic carbocycles. The number of ether oxygens (including phenoxy) is 2. The minimum Gasteiger partial charge on any atom is -0.354 e. The third-order valence-electron chi connectivity index (χ3n) is 3.81. The molecular formula is C16H22N2O4. The average Bonchev–Trinajstić information content (AvgIpc) is 2.91. The fourth-order valence-corrected chi connectivity index (χ4v) is 2.45. The monoisotopic (exact) mass is 306 g/mol. The van der Waals surface area contributed by atoms with Gasteiger partial charge in [0.25, 0.3) is 0 Å². The lowest BCUT2D eigenvalue weighted by Gasteiger charge is -2.18. The molecule has 22 heavy (non-hydrogen) atoms. The zero-order chi connectivity index (χ0) is 16.1. The fraction of sp³-hybridized carbons (Fsp3) is 0.500. The Morgan fingerprint density at radius 2 is 1.95 bits per heavy atom. The van der Waals surface area contributed by atoms with Gasteiger partial charge in [0, 0.05) is 32.9 Å². The first-order valence-electron chi connectivity index (χ1n) is 7.25. The number of nitrogens with zero attached hydrogens (tertiary/aromatic N) is 1. The first-order valence-corrected chi connectivity index (χ1v) is 7.25. The summed E-state index contributed by atoms with van der Waals surface area (Å²) in [5.74, 6) is -0.524. The van der Waals surface area contributed by atoms with Gasteiger partial charge in [0.1, 0.15) is 0 Å². The van der Waals surface area contributed by atoms with Crippen molar-refractivity contribution in [3.63, 3.8) is 0 Å². The molecule has 1 aliphatic rings. The van der Waals surface area contributed by atoms with Crippen LogP contribution >= 0.6 is 0 Å². The van der Waals surface area contributed by atoms with Crippen LogP contribution in [0.3, 0.4) is 0 Å². The second-order valence-electron chi connectivity index (χ2n) is 5.39. The first kappa shape index (κ1) is 16.5. The van der Waals surface area contributed by atoms with Gasteiger partial charge < -0.3 is 19.7 Å². The molecule has 0 spiro atoms. The number of aryl methyl sites for hydroxylation is 1. The van der Waals surface area contributed by atoms with Gasteiger partial charge in [-0.25, -0.2) is 0 Å². The van der Waals surface area contributed by atoms with E-state index < -0.39 is 6.29 Å². The zero-order valence-corrected chi connectivity index (χ0v) is 13.2. The first-order chi connectivity index (χ1) is 10.5. The van der Waals surface area contributed by atoms with E-state index in [9.17, 15) is 9.59 Å². The molecule has 0 bridgehead atoms. The van der Waals surface area contributed by atoms with E-state index in [0.29, 0.717) is 6.54 Å². The molecule has 1 N–H and O–H groups in total. The quantitative estimate of drug-likeness (QED) is 0.799. The van der Waals surface area contributed by atoms with Crippen molar-refractivity contribution >= 4 is 17.5 Å². The van der Waals surface area contributed by atoms with E-state index in [1.54, 1.807) is 4.90 Å². The molecule has 1 aromatic rings. The predicted molar refractivity (Wildman–Crippen MR) is 82.5 cm³/mol. The Kier molecular flexibility index (Phi) is 5.51. The van der Waals surface area contributed by atoms with Crippen LogP contribution in [0.1, 0.15) is 12.0 Å². The summed E-state index contributed by atoms with van der Waals surface area (Å²) in [5, 5.41) is 2.76. The Bertz CT molecular complexity index is 525. The third kappa shape index (κ3) is 3.84. The molecule has 1 unspecified atom stereocenters. The Hall–Kier alpha value is -1.92. The van der Waals surface area contributed by atoms with E-state index in [1.165, 1.54) is 14.2 Å². The summed E-state index contributed by atoms with van der Waals surface area (Å²) in [4.78, 5) is 25.9. The molecule has 0 saturated carbocycles. The second-order valence-corrected chi connectivity index (χ2v) is 5.39. The highest BCUT2D eigenvalue weighted by molar-refractivity contribution is 6.00. The minimum absolute atomic E-state index is 0.0287. The molecule has 1 saturated heterocycles. The highest BCUT2D eigenvalue weighted by Gasteiger charge is 2.35. The summed E-state index contributed by atoms with van der Waals surface area (Å²) in [7, 11) is 3.02. The summed E-state index contributed by atoms with van der Waals surface area (Å²) in [6.07, 6.45) is -0.251. The number of carbonyl (C=O) groups excluding carboxylic acids is 2. The van der Waals surface area contributed by atoms with Crippen molar-refractivity contribution < 1.29 is 19.1 Å². The topological polar surface area (TPSA) is 67.9 Å². The Morgan fingerprint density at radius 3 is 2.55 bits per heavy atom. The van der Waals surface area contributed by atoms with Crippen LogP contribution in [0, 0.1) is 12.8 Å². The van der Waals surface area contributed by atoms with Crippen molar-refractivity contribution in [2.45, 2.75) is 19.6 Å². The summed E-state index contributed by atoms with van der Waals surface area (Å²) >= 11 is 0. The average molecular weight is 306 g/mol. The van der Waals surface area contributed by atoms with E-state index in [4.69, 9.17) is 9.47 Å². The number of benzene rings is 1. The highest BCUT2D eigenvalue weighted by Crippen LogP contribution is 2.25. The second kappa shape index (κ2) is 7.38. The SMILES string of the molecule is COC(CNC(=O)C1CC(=O)N(c2ccc(C)cc2)C1)OC. The van der Waals surface area contributed by atoms with Gasteiger partial charge >= 0.3 is 0 Å². The van der Waals surface area contributed by atoms with Crippen LogP contribution < -0.4 is 10.2 Å². The Balaban J connectivity index is 1.94. The molecular weight excluding hydrogens is 284 g/mol. The summed E-state index contributed by atoms with van der Waals surface area (Å²) in [6, 6.07) is 7.72. The lowest BCUT2D eigenvalue weighted by Crippen LogP contribution is -2.38. The Labute approximate surface area is 130 Å². The molecule has 1 aliphatic heterocycles. The highest BCUT2D eigenvalue weighted by atomic mass is 16.7. The van der Waals surface area contributed by atoms with Gasteiger partial charge in [-0.15, -0.1) is 0 Å². The number of methoxy groups -OCH3 is 2. The number of anilines is 1. The van der Waals surface area contributed by atoms with Crippen LogP contribution in [0.15, 0.2) is 24.3 Å². The maximum absolute atomic E-state index is 12.2. The molecule has 0 aliphatic carbocycles. The van der Waals surface area contributed by atoms with Crippen LogP contribution in [0.4, 0.5) is 5.69 Å². The minimum atomic E-state index is -0.478. The summed E-state index contributed by atoms with van der Waals surface area (Å²) in [5.41, 5.74) is 1.97. The molecule has 1 atom stereocenters. The summed E-state index contributed by atoms with van der Waals surface area (Å²) < 4.78 is 10.0. The van der Waals surface area contributed by atoms with Crippen LogP contribution in [0.5, 0.6) is 0 Å². The van der Waals surface area contributed by atoms with E-state index in [2.05, 4.69) is 5.32 Å². The summed E-state index contributed by atoms with van der Waals surface area (Å²) in [6.45, 7) is 2.66. The maximum Gasteiger partial charge on any atom is 0.227 e. The zero-order valence-electron chi connectivity index (χ0n) is 13.2. The lowest BCUT2D eigenvalue weighted by atomic mass is 10.1. The van der Waals surface area contributed by atoms with Crippen molar-refractivity contribution in [3.8, 4) is 0 Å². The number of rotatable bonds is 6. The van der Waals surface area contributed by atoms with E-state index in [1.807, 2.05) is 31.2 Å². The smallest absolute Gasteiger partial charge is 0.227 e. The molecule has 2 rings (SSSR count). The number of hydrogen-bond donors (Lipinski definition) is 1. The number of nitrogens with one attached hydrogen (secondary N) is 1. The van der Waals surface area contributed by atoms with Crippen molar-refractivity contribution in [1.29, 1.82) is 0 Å². The molecule has 6 heteroatoms. The maximum atomic E-state index is 12.2. The Morgan fingerprint density at radius 1 is 1.32 bits per heavy atom. The molecule has 0 aromatic heterocycles. The van der Waals surface area contributed by atoms with Gasteiger partial charge in [0.05, 0.1) is 12.5 Å².